The van der Waals surface area contributed by atoms with Crippen molar-refractivity contribution in [3.8, 4) is 6.07 Å². The number of nitrogens with zero attached hydrogens (tertiary/aromatic N) is 2. The number of hydrogen-bond donors (Lipinski definition) is 0. The Hall–Kier alpha value is -1.37. The fourth-order valence-electron chi connectivity index (χ4n) is 0.516. The zero-order chi connectivity index (χ0) is 6.69. The molecule has 0 fully saturated rings. The molecule has 1 heterocycles. The van der Waals surface area contributed by atoms with Crippen LogP contribution in [0.5, 0.6) is 0 Å². The smallest absolute Gasteiger partial charge is 0.290 e. The van der Waals surface area contributed by atoms with E-state index in [-0.39, 0.29) is 12.3 Å². The fourth-order valence-corrected chi connectivity index (χ4v) is 0.516. The molecule has 4 nitrogen and oxygen atoms in total. The van der Waals surface area contributed by atoms with Gasteiger partial charge in [0.25, 0.3) is 5.91 Å². The van der Waals surface area contributed by atoms with E-state index in [4.69, 9.17) is 5.26 Å². The Kier molecular flexibility index (Phi) is 1.45. The van der Waals surface area contributed by atoms with Crippen molar-refractivity contribution in [3.05, 3.63) is 0 Å². The standard InChI is InChI=1S/C5H4N2O2/c6-2-1-4-5(8)7-3-9-4/h3-4H,1H2/t4-/m1/s1. The molecule has 0 saturated heterocycles. The van der Waals surface area contributed by atoms with Gasteiger partial charge in [0.2, 0.25) is 0 Å². The summed E-state index contributed by atoms with van der Waals surface area (Å²) in [6.07, 6.45) is 0.512. The van der Waals surface area contributed by atoms with Gasteiger partial charge in [0, 0.05) is 0 Å². The van der Waals surface area contributed by atoms with Crippen LogP contribution in [0.1, 0.15) is 6.42 Å². The Balaban J connectivity index is 2.48. The van der Waals surface area contributed by atoms with Crippen LogP contribution in [-0.4, -0.2) is 18.4 Å². The highest BCUT2D eigenvalue weighted by atomic mass is 16.5. The van der Waals surface area contributed by atoms with E-state index in [2.05, 4.69) is 9.73 Å². The Morgan fingerprint density at radius 1 is 2.00 bits per heavy atom. The van der Waals surface area contributed by atoms with E-state index in [1.165, 1.54) is 0 Å². The number of ether oxygens (including phenoxy) is 1. The lowest BCUT2D eigenvalue weighted by Crippen LogP contribution is -2.14. The molecule has 0 saturated carbocycles. The normalized spacial score (nSPS) is 23.4. The number of hydrogen-bond acceptors (Lipinski definition) is 3. The van der Waals surface area contributed by atoms with Crippen LogP contribution in [-0.2, 0) is 9.53 Å². The second-order valence-corrected chi connectivity index (χ2v) is 1.56. The highest BCUT2D eigenvalue weighted by molar-refractivity contribution is 5.91. The number of rotatable bonds is 1. The van der Waals surface area contributed by atoms with Crippen molar-refractivity contribution in [1.82, 2.24) is 0 Å². The molecule has 0 spiro atoms. The number of carbonyl (C=O) groups excluding carboxylic acids is 1. The third kappa shape index (κ3) is 1.05. The molecule has 46 valence electrons. The third-order valence-electron chi connectivity index (χ3n) is 0.957. The lowest BCUT2D eigenvalue weighted by molar-refractivity contribution is -0.122. The summed E-state index contributed by atoms with van der Waals surface area (Å²) in [5.74, 6) is -0.364. The molecule has 0 bridgehead atoms. The predicted octanol–water partition coefficient (Wildman–Crippen LogP) is -0.146. The van der Waals surface area contributed by atoms with Crippen LogP contribution in [0, 0.1) is 11.3 Å². The highest BCUT2D eigenvalue weighted by Gasteiger charge is 2.21. The van der Waals surface area contributed by atoms with Gasteiger partial charge in [-0.05, 0) is 0 Å². The SMILES string of the molecule is N#CC[C@H]1OC=NC1=O. The molecular formula is C5H4N2O2. The van der Waals surface area contributed by atoms with Crippen molar-refractivity contribution in [2.24, 2.45) is 4.99 Å². The van der Waals surface area contributed by atoms with Gasteiger partial charge in [0.15, 0.2) is 12.5 Å². The summed E-state index contributed by atoms with van der Waals surface area (Å²) in [6, 6.07) is 1.81. The van der Waals surface area contributed by atoms with Crippen molar-refractivity contribution in [1.29, 1.82) is 5.26 Å². The Labute approximate surface area is 51.8 Å². The summed E-state index contributed by atoms with van der Waals surface area (Å²) in [5.41, 5.74) is 0. The minimum absolute atomic E-state index is 0.0822. The molecule has 0 N–H and O–H groups in total. The number of aliphatic imine (C=N–C) groups is 1. The molecule has 0 aromatic carbocycles. The van der Waals surface area contributed by atoms with Crippen LogP contribution in [0.2, 0.25) is 0 Å². The molecule has 9 heavy (non-hydrogen) atoms. The molecule has 1 aliphatic heterocycles. The van der Waals surface area contributed by atoms with Crippen LogP contribution in [0.15, 0.2) is 4.99 Å². The first-order valence-corrected chi connectivity index (χ1v) is 2.43. The van der Waals surface area contributed by atoms with Gasteiger partial charge in [-0.1, -0.05) is 0 Å². The highest BCUT2D eigenvalue weighted by Crippen LogP contribution is 2.03. The number of nitriles is 1. The monoisotopic (exact) mass is 124 g/mol. The van der Waals surface area contributed by atoms with E-state index < -0.39 is 6.10 Å². The topological polar surface area (TPSA) is 62.4 Å². The summed E-state index contributed by atoms with van der Waals surface area (Å²) in [7, 11) is 0. The summed E-state index contributed by atoms with van der Waals surface area (Å²) < 4.78 is 4.64. The second kappa shape index (κ2) is 2.27. The van der Waals surface area contributed by atoms with E-state index >= 15 is 0 Å². The van der Waals surface area contributed by atoms with Gasteiger partial charge < -0.3 is 4.74 Å². The van der Waals surface area contributed by atoms with Crippen molar-refractivity contribution in [2.75, 3.05) is 0 Å². The molecular weight excluding hydrogens is 120 g/mol. The molecule has 0 radical (unpaired) electrons. The molecule has 0 aromatic heterocycles. The lowest BCUT2D eigenvalue weighted by atomic mass is 10.3. The number of carbonyl (C=O) groups is 1. The van der Waals surface area contributed by atoms with E-state index in [1.54, 1.807) is 0 Å². The molecule has 0 unspecified atom stereocenters. The summed E-state index contributed by atoms with van der Waals surface area (Å²) in [4.78, 5) is 13.8. The Bertz CT molecular complexity index is 192. The predicted molar refractivity (Wildman–Crippen MR) is 28.6 cm³/mol. The van der Waals surface area contributed by atoms with Crippen molar-refractivity contribution >= 4 is 12.3 Å². The van der Waals surface area contributed by atoms with Crippen LogP contribution >= 0.6 is 0 Å². The Morgan fingerprint density at radius 3 is 3.22 bits per heavy atom. The zero-order valence-electron chi connectivity index (χ0n) is 4.57. The summed E-state index contributed by atoms with van der Waals surface area (Å²) in [6.45, 7) is 0. The minimum Gasteiger partial charge on any atom is -0.469 e. The van der Waals surface area contributed by atoms with Crippen LogP contribution in [0.3, 0.4) is 0 Å². The number of amides is 1. The first-order valence-electron chi connectivity index (χ1n) is 2.43. The van der Waals surface area contributed by atoms with Crippen molar-refractivity contribution < 1.29 is 9.53 Å². The quantitative estimate of drug-likeness (QED) is 0.488. The summed E-state index contributed by atoms with van der Waals surface area (Å²) >= 11 is 0. The van der Waals surface area contributed by atoms with E-state index in [1.807, 2.05) is 6.07 Å². The average Bonchev–Trinajstić information content (AvgIpc) is 2.18. The second-order valence-electron chi connectivity index (χ2n) is 1.56. The van der Waals surface area contributed by atoms with E-state index in [9.17, 15) is 4.79 Å². The van der Waals surface area contributed by atoms with E-state index in [0.717, 1.165) is 6.40 Å². The maximum absolute atomic E-state index is 10.5. The Morgan fingerprint density at radius 2 is 2.78 bits per heavy atom. The lowest BCUT2D eigenvalue weighted by Gasteiger charge is -1.97. The van der Waals surface area contributed by atoms with Crippen LogP contribution in [0.4, 0.5) is 0 Å². The van der Waals surface area contributed by atoms with Crippen molar-refractivity contribution in [2.45, 2.75) is 12.5 Å². The van der Waals surface area contributed by atoms with Gasteiger partial charge >= 0.3 is 0 Å². The van der Waals surface area contributed by atoms with Gasteiger partial charge in [0.1, 0.15) is 0 Å². The van der Waals surface area contributed by atoms with Gasteiger partial charge in [-0.3, -0.25) is 4.79 Å². The van der Waals surface area contributed by atoms with Gasteiger partial charge in [-0.2, -0.15) is 10.3 Å². The molecule has 1 aliphatic rings. The molecule has 0 aliphatic carbocycles. The van der Waals surface area contributed by atoms with E-state index in [0.29, 0.717) is 0 Å². The first kappa shape index (κ1) is 5.76. The maximum Gasteiger partial charge on any atom is 0.290 e. The zero-order valence-corrected chi connectivity index (χ0v) is 4.57. The molecule has 1 amide bonds. The fraction of sp³-hybridized carbons (Fsp3) is 0.400. The molecule has 1 atom stereocenters. The maximum atomic E-state index is 10.5. The minimum atomic E-state index is -0.644. The van der Waals surface area contributed by atoms with Crippen LogP contribution in [0.25, 0.3) is 0 Å². The van der Waals surface area contributed by atoms with Crippen molar-refractivity contribution in [3.63, 3.8) is 0 Å². The largest absolute Gasteiger partial charge is 0.469 e. The third-order valence-corrected chi connectivity index (χ3v) is 0.957. The first-order chi connectivity index (χ1) is 4.34. The molecule has 4 heteroatoms. The van der Waals surface area contributed by atoms with Crippen LogP contribution < -0.4 is 0 Å². The average molecular weight is 124 g/mol. The van der Waals surface area contributed by atoms with Gasteiger partial charge in [0.05, 0.1) is 12.5 Å². The van der Waals surface area contributed by atoms with Gasteiger partial charge in [-0.15, -0.1) is 0 Å². The molecule has 1 rings (SSSR count). The molecule has 0 aromatic rings. The summed E-state index contributed by atoms with van der Waals surface area (Å²) in [5, 5.41) is 8.11. The van der Waals surface area contributed by atoms with Gasteiger partial charge in [-0.25, -0.2) is 0 Å².